The predicted octanol–water partition coefficient (Wildman–Crippen LogP) is 3.17. The van der Waals surface area contributed by atoms with Crippen molar-refractivity contribution in [2.75, 3.05) is 19.7 Å². The van der Waals surface area contributed by atoms with Gasteiger partial charge < -0.3 is 28.7 Å². The van der Waals surface area contributed by atoms with Crippen LogP contribution in [0.5, 0.6) is 0 Å². The molecule has 0 spiro atoms. The fraction of sp³-hybridized carbons (Fsp3) is 0.636. The lowest BCUT2D eigenvalue weighted by Gasteiger charge is -2.33. The van der Waals surface area contributed by atoms with E-state index in [-0.39, 0.29) is 12.2 Å². The number of aromatic nitrogens is 2. The molecule has 4 rings (SSSR count). The SMILES string of the molecule is CC(C)(C)OC(=O)N1CCOC(c2cc3c(B4OC(C)(C)C(C)(C)O4)ccnc3[nH]2)C1. The number of H-pyrrole nitrogens is 1. The Morgan fingerprint density at radius 2 is 1.94 bits per heavy atom. The number of nitrogens with one attached hydrogen (secondary N) is 1. The lowest BCUT2D eigenvalue weighted by atomic mass is 9.78. The van der Waals surface area contributed by atoms with Crippen molar-refractivity contribution in [1.82, 2.24) is 14.9 Å². The van der Waals surface area contributed by atoms with Gasteiger partial charge in [-0.3, -0.25) is 0 Å². The van der Waals surface area contributed by atoms with Crippen molar-refractivity contribution in [2.24, 2.45) is 0 Å². The summed E-state index contributed by atoms with van der Waals surface area (Å²) in [5.74, 6) is 0. The van der Waals surface area contributed by atoms with Gasteiger partial charge in [-0.1, -0.05) is 0 Å². The third kappa shape index (κ3) is 4.31. The summed E-state index contributed by atoms with van der Waals surface area (Å²) in [6, 6.07) is 3.95. The molecule has 0 saturated carbocycles. The molecule has 8 nitrogen and oxygen atoms in total. The van der Waals surface area contributed by atoms with Crippen LogP contribution in [-0.2, 0) is 18.8 Å². The highest BCUT2D eigenvalue weighted by Crippen LogP contribution is 2.37. The summed E-state index contributed by atoms with van der Waals surface area (Å²) in [7, 11) is -0.482. The van der Waals surface area contributed by atoms with Crippen LogP contribution in [0.3, 0.4) is 0 Å². The van der Waals surface area contributed by atoms with Gasteiger partial charge in [0.05, 0.1) is 24.4 Å². The molecule has 31 heavy (non-hydrogen) atoms. The van der Waals surface area contributed by atoms with E-state index in [1.165, 1.54) is 0 Å². The zero-order chi connectivity index (χ0) is 22.6. The first-order valence-electron chi connectivity index (χ1n) is 10.8. The first-order chi connectivity index (χ1) is 14.4. The summed E-state index contributed by atoms with van der Waals surface area (Å²) in [5.41, 5.74) is 1.14. The van der Waals surface area contributed by atoms with Gasteiger partial charge >= 0.3 is 13.2 Å². The molecule has 0 radical (unpaired) electrons. The number of hydrogen-bond donors (Lipinski definition) is 1. The van der Waals surface area contributed by atoms with E-state index in [1.807, 2.05) is 60.6 Å². The Bertz CT molecular complexity index is 965. The first-order valence-corrected chi connectivity index (χ1v) is 10.8. The van der Waals surface area contributed by atoms with Crippen LogP contribution in [0.25, 0.3) is 11.0 Å². The molecule has 1 unspecified atom stereocenters. The van der Waals surface area contributed by atoms with Crippen molar-refractivity contribution in [3.05, 3.63) is 24.0 Å². The number of fused-ring (bicyclic) bond motifs is 1. The van der Waals surface area contributed by atoms with Gasteiger partial charge in [-0.15, -0.1) is 0 Å². The minimum atomic E-state index is -0.534. The molecule has 2 aliphatic heterocycles. The molecule has 9 heteroatoms. The Kier molecular flexibility index (Phi) is 5.35. The second-order valence-electron chi connectivity index (χ2n) is 10.3. The number of carbonyl (C=O) groups excluding carboxylic acids is 1. The monoisotopic (exact) mass is 429 g/mol. The average Bonchev–Trinajstić information content (AvgIpc) is 3.18. The molecule has 2 aromatic rings. The van der Waals surface area contributed by atoms with Gasteiger partial charge in [0.1, 0.15) is 17.4 Å². The van der Waals surface area contributed by atoms with Crippen LogP contribution < -0.4 is 5.46 Å². The van der Waals surface area contributed by atoms with Crippen molar-refractivity contribution in [2.45, 2.75) is 71.4 Å². The largest absolute Gasteiger partial charge is 0.495 e. The number of hydrogen-bond acceptors (Lipinski definition) is 6. The smallest absolute Gasteiger partial charge is 0.444 e. The molecular formula is C22H32BN3O5. The van der Waals surface area contributed by atoms with Gasteiger partial charge in [-0.2, -0.15) is 0 Å². The van der Waals surface area contributed by atoms with Crippen LogP contribution in [0.1, 0.15) is 60.3 Å². The van der Waals surface area contributed by atoms with Crippen LogP contribution in [0.4, 0.5) is 4.79 Å². The third-order valence-corrected chi connectivity index (χ3v) is 6.16. The quantitative estimate of drug-likeness (QED) is 0.739. The van der Waals surface area contributed by atoms with Gasteiger partial charge in [0.15, 0.2) is 0 Å². The minimum absolute atomic E-state index is 0.290. The standard InChI is InChI=1S/C22H32BN3O5/c1-20(2,3)29-19(27)26-10-11-28-17(13-26)16-12-14-15(8-9-24-18(14)25-16)23-30-21(4,5)22(6,7)31-23/h8-9,12,17H,10-11,13H2,1-7H3,(H,24,25). The molecule has 1 atom stereocenters. The topological polar surface area (TPSA) is 85.9 Å². The summed E-state index contributed by atoms with van der Waals surface area (Å²) in [4.78, 5) is 22.0. The highest BCUT2D eigenvalue weighted by molar-refractivity contribution is 6.65. The number of nitrogens with zero attached hydrogens (tertiary/aromatic N) is 2. The van der Waals surface area contributed by atoms with Gasteiger partial charge in [0.2, 0.25) is 0 Å². The van der Waals surface area contributed by atoms with E-state index in [0.717, 1.165) is 22.2 Å². The number of ether oxygens (including phenoxy) is 2. The van der Waals surface area contributed by atoms with Gasteiger partial charge in [0.25, 0.3) is 0 Å². The second kappa shape index (κ2) is 7.50. The van der Waals surface area contributed by atoms with Crippen LogP contribution in [0, 0.1) is 0 Å². The van der Waals surface area contributed by atoms with Gasteiger partial charge in [0, 0.05) is 23.8 Å². The zero-order valence-corrected chi connectivity index (χ0v) is 19.4. The maximum atomic E-state index is 12.5. The molecule has 168 valence electrons. The number of amides is 1. The van der Waals surface area contributed by atoms with Crippen molar-refractivity contribution in [3.8, 4) is 0 Å². The molecule has 2 aromatic heterocycles. The Hall–Kier alpha value is -2.10. The second-order valence-corrected chi connectivity index (χ2v) is 10.3. The van der Waals surface area contributed by atoms with Crippen molar-refractivity contribution >= 4 is 29.7 Å². The normalized spacial score (nSPS) is 23.4. The van der Waals surface area contributed by atoms with E-state index in [9.17, 15) is 4.79 Å². The van der Waals surface area contributed by atoms with Crippen LogP contribution >= 0.6 is 0 Å². The lowest BCUT2D eigenvalue weighted by Crippen LogP contribution is -2.44. The molecule has 1 N–H and O–H groups in total. The number of morpholine rings is 1. The molecule has 2 aliphatic rings. The summed E-state index contributed by atoms with van der Waals surface area (Å²) in [6.45, 7) is 15.1. The first kappa shape index (κ1) is 22.1. The highest BCUT2D eigenvalue weighted by atomic mass is 16.7. The van der Waals surface area contributed by atoms with Gasteiger partial charge in [-0.05, 0) is 66.1 Å². The summed E-state index contributed by atoms with van der Waals surface area (Å²) < 4.78 is 24.0. The zero-order valence-electron chi connectivity index (χ0n) is 19.4. The Morgan fingerprint density at radius 1 is 1.26 bits per heavy atom. The summed E-state index contributed by atoms with van der Waals surface area (Å²) in [5, 5.41) is 0.925. The van der Waals surface area contributed by atoms with E-state index < -0.39 is 23.9 Å². The third-order valence-electron chi connectivity index (χ3n) is 6.16. The molecule has 1 amide bonds. The molecule has 2 fully saturated rings. The predicted molar refractivity (Wildman–Crippen MR) is 118 cm³/mol. The van der Waals surface area contributed by atoms with E-state index in [0.29, 0.717) is 19.7 Å². The number of aromatic amines is 1. The molecule has 0 aliphatic carbocycles. The highest BCUT2D eigenvalue weighted by Gasteiger charge is 2.52. The fourth-order valence-corrected chi connectivity index (χ4v) is 3.75. The van der Waals surface area contributed by atoms with Crippen molar-refractivity contribution in [3.63, 3.8) is 0 Å². The molecule has 0 bridgehead atoms. The van der Waals surface area contributed by atoms with Crippen molar-refractivity contribution < 1.29 is 23.6 Å². The van der Waals surface area contributed by atoms with Crippen LogP contribution in [0.2, 0.25) is 0 Å². The summed E-state index contributed by atoms with van der Waals surface area (Å²) in [6.07, 6.45) is 1.13. The average molecular weight is 429 g/mol. The Labute approximate surface area is 183 Å². The van der Waals surface area contributed by atoms with Crippen LogP contribution in [0.15, 0.2) is 18.3 Å². The lowest BCUT2D eigenvalue weighted by molar-refractivity contribution is -0.0444. The van der Waals surface area contributed by atoms with E-state index in [2.05, 4.69) is 9.97 Å². The molecule has 4 heterocycles. The molecule has 0 aromatic carbocycles. The Balaban J connectivity index is 1.58. The van der Waals surface area contributed by atoms with E-state index >= 15 is 0 Å². The molecular weight excluding hydrogens is 397 g/mol. The number of carbonyl (C=O) groups is 1. The van der Waals surface area contributed by atoms with E-state index in [4.69, 9.17) is 18.8 Å². The maximum Gasteiger partial charge on any atom is 0.495 e. The van der Waals surface area contributed by atoms with Gasteiger partial charge in [-0.25, -0.2) is 9.78 Å². The van der Waals surface area contributed by atoms with Crippen LogP contribution in [-0.4, -0.2) is 64.6 Å². The Morgan fingerprint density at radius 3 is 2.58 bits per heavy atom. The maximum absolute atomic E-state index is 12.5. The summed E-state index contributed by atoms with van der Waals surface area (Å²) >= 11 is 0. The minimum Gasteiger partial charge on any atom is -0.444 e. The number of rotatable bonds is 2. The van der Waals surface area contributed by atoms with Crippen molar-refractivity contribution in [1.29, 1.82) is 0 Å². The number of pyridine rings is 1. The van der Waals surface area contributed by atoms with E-state index in [1.54, 1.807) is 11.1 Å². The fourth-order valence-electron chi connectivity index (χ4n) is 3.75. The molecule has 2 saturated heterocycles.